The van der Waals surface area contributed by atoms with Crippen molar-refractivity contribution >= 4 is 23.4 Å². The van der Waals surface area contributed by atoms with Crippen LogP contribution >= 0.6 is 0 Å². The number of ether oxygens (including phenoxy) is 1. The van der Waals surface area contributed by atoms with Crippen molar-refractivity contribution in [3.8, 4) is 0 Å². The van der Waals surface area contributed by atoms with E-state index in [1.54, 1.807) is 11.0 Å². The maximum absolute atomic E-state index is 12.7. The molecule has 138 valence electrons. The van der Waals surface area contributed by atoms with Crippen molar-refractivity contribution in [1.82, 2.24) is 10.2 Å². The summed E-state index contributed by atoms with van der Waals surface area (Å²) in [7, 11) is 0. The standard InChI is InChI=1S/C18H21N3O5/c22-10-13-9-20(5-6-26-13)12-1-2-14-11(7-12)8-21(18(14)25)15-3-4-16(23)19-17(15)24/h1-2,7,13,15,22H,3-6,8-10H2,(H,19,23,24)/t13-,15?/m1/s1. The van der Waals surface area contributed by atoms with Gasteiger partial charge in [0.2, 0.25) is 11.8 Å². The van der Waals surface area contributed by atoms with Crippen LogP contribution in [0.15, 0.2) is 18.2 Å². The topological polar surface area (TPSA) is 99.2 Å². The Hall–Kier alpha value is -2.45. The molecule has 26 heavy (non-hydrogen) atoms. The van der Waals surface area contributed by atoms with Crippen molar-refractivity contribution in [3.05, 3.63) is 29.3 Å². The molecule has 0 saturated carbocycles. The Labute approximate surface area is 150 Å². The van der Waals surface area contributed by atoms with Gasteiger partial charge in [0.25, 0.3) is 5.91 Å². The van der Waals surface area contributed by atoms with E-state index in [1.807, 2.05) is 12.1 Å². The molecule has 2 fully saturated rings. The fourth-order valence-electron chi connectivity index (χ4n) is 3.82. The number of nitrogens with zero attached hydrogens (tertiary/aromatic N) is 2. The molecule has 2 saturated heterocycles. The molecule has 0 radical (unpaired) electrons. The third-order valence-corrected chi connectivity index (χ3v) is 5.21. The van der Waals surface area contributed by atoms with Crippen LogP contribution in [-0.4, -0.2) is 66.2 Å². The molecule has 8 heteroatoms. The minimum atomic E-state index is -0.599. The summed E-state index contributed by atoms with van der Waals surface area (Å²) in [6.45, 7) is 2.20. The van der Waals surface area contributed by atoms with Gasteiger partial charge >= 0.3 is 0 Å². The van der Waals surface area contributed by atoms with E-state index >= 15 is 0 Å². The van der Waals surface area contributed by atoms with Gasteiger partial charge in [-0.3, -0.25) is 19.7 Å². The van der Waals surface area contributed by atoms with Crippen LogP contribution in [-0.2, 0) is 20.9 Å². The van der Waals surface area contributed by atoms with Gasteiger partial charge in [-0.1, -0.05) is 0 Å². The number of carbonyl (C=O) groups is 3. The molecule has 0 aliphatic carbocycles. The van der Waals surface area contributed by atoms with Gasteiger partial charge in [0.1, 0.15) is 6.04 Å². The van der Waals surface area contributed by atoms with Gasteiger partial charge in [0, 0.05) is 37.3 Å². The predicted molar refractivity (Wildman–Crippen MR) is 91.5 cm³/mol. The van der Waals surface area contributed by atoms with E-state index < -0.39 is 11.9 Å². The van der Waals surface area contributed by atoms with E-state index in [-0.39, 0.29) is 30.9 Å². The zero-order valence-corrected chi connectivity index (χ0v) is 14.3. The van der Waals surface area contributed by atoms with Crippen LogP contribution in [0.2, 0.25) is 0 Å². The molecule has 3 aliphatic heterocycles. The minimum absolute atomic E-state index is 0.0246. The summed E-state index contributed by atoms with van der Waals surface area (Å²) in [5, 5.41) is 11.6. The van der Waals surface area contributed by atoms with Gasteiger partial charge in [0.05, 0.1) is 19.3 Å². The Kier molecular flexibility index (Phi) is 4.37. The largest absolute Gasteiger partial charge is 0.394 e. The van der Waals surface area contributed by atoms with Crippen LogP contribution in [0.25, 0.3) is 0 Å². The highest BCUT2D eigenvalue weighted by Gasteiger charge is 2.39. The van der Waals surface area contributed by atoms with E-state index in [0.717, 1.165) is 17.8 Å². The molecule has 1 unspecified atom stereocenters. The number of piperidine rings is 1. The van der Waals surface area contributed by atoms with Gasteiger partial charge in [-0.25, -0.2) is 0 Å². The lowest BCUT2D eigenvalue weighted by molar-refractivity contribution is -0.136. The monoisotopic (exact) mass is 359 g/mol. The molecule has 2 atom stereocenters. The minimum Gasteiger partial charge on any atom is -0.394 e. The van der Waals surface area contributed by atoms with E-state index in [9.17, 15) is 19.5 Å². The number of anilines is 1. The Morgan fingerprint density at radius 2 is 2.12 bits per heavy atom. The van der Waals surface area contributed by atoms with E-state index in [1.165, 1.54) is 0 Å². The van der Waals surface area contributed by atoms with Crippen molar-refractivity contribution in [2.24, 2.45) is 0 Å². The van der Waals surface area contributed by atoms with Crippen LogP contribution < -0.4 is 10.2 Å². The quantitative estimate of drug-likeness (QED) is 0.716. The number of fused-ring (bicyclic) bond motifs is 1. The highest BCUT2D eigenvalue weighted by Crippen LogP contribution is 2.31. The number of imide groups is 1. The molecule has 0 bridgehead atoms. The molecular formula is C18H21N3O5. The maximum atomic E-state index is 12.7. The van der Waals surface area contributed by atoms with Crippen molar-refractivity contribution in [3.63, 3.8) is 0 Å². The first kappa shape index (κ1) is 17.0. The predicted octanol–water partition coefficient (Wildman–Crippen LogP) is -0.355. The number of benzene rings is 1. The molecule has 1 aromatic rings. The second-order valence-corrected chi connectivity index (χ2v) is 6.86. The average molecular weight is 359 g/mol. The zero-order valence-electron chi connectivity index (χ0n) is 14.3. The molecule has 3 heterocycles. The first-order valence-electron chi connectivity index (χ1n) is 8.82. The lowest BCUT2D eigenvalue weighted by Crippen LogP contribution is -2.52. The summed E-state index contributed by atoms with van der Waals surface area (Å²) in [6.07, 6.45) is 0.399. The molecule has 3 aliphatic rings. The van der Waals surface area contributed by atoms with Crippen molar-refractivity contribution < 1.29 is 24.2 Å². The molecule has 2 N–H and O–H groups in total. The lowest BCUT2D eigenvalue weighted by atomic mass is 10.0. The number of morpholine rings is 1. The maximum Gasteiger partial charge on any atom is 0.255 e. The van der Waals surface area contributed by atoms with Crippen LogP contribution in [0.1, 0.15) is 28.8 Å². The molecule has 0 spiro atoms. The normalized spacial score (nSPS) is 26.1. The summed E-state index contributed by atoms with van der Waals surface area (Å²) in [4.78, 5) is 39.8. The molecule has 0 aromatic heterocycles. The second kappa shape index (κ2) is 6.69. The number of amides is 3. The summed E-state index contributed by atoms with van der Waals surface area (Å²) in [5.74, 6) is -0.860. The van der Waals surface area contributed by atoms with E-state index in [4.69, 9.17) is 4.74 Å². The summed E-state index contributed by atoms with van der Waals surface area (Å²) < 4.78 is 5.48. The molecule has 1 aromatic carbocycles. The Morgan fingerprint density at radius 1 is 1.27 bits per heavy atom. The Morgan fingerprint density at radius 3 is 2.88 bits per heavy atom. The summed E-state index contributed by atoms with van der Waals surface area (Å²) in [6, 6.07) is 5.06. The van der Waals surface area contributed by atoms with Gasteiger partial charge in [0.15, 0.2) is 0 Å². The first-order chi connectivity index (χ1) is 12.6. The van der Waals surface area contributed by atoms with Gasteiger partial charge in [-0.05, 0) is 30.2 Å². The van der Waals surface area contributed by atoms with E-state index in [2.05, 4.69) is 10.2 Å². The van der Waals surface area contributed by atoms with Crippen LogP contribution in [0.5, 0.6) is 0 Å². The molecular weight excluding hydrogens is 338 g/mol. The number of nitrogens with one attached hydrogen (secondary N) is 1. The third kappa shape index (κ3) is 2.95. The number of hydrogen-bond acceptors (Lipinski definition) is 6. The second-order valence-electron chi connectivity index (χ2n) is 6.86. The smallest absolute Gasteiger partial charge is 0.255 e. The fraction of sp³-hybridized carbons (Fsp3) is 0.500. The van der Waals surface area contributed by atoms with Gasteiger partial charge < -0.3 is 19.6 Å². The first-order valence-corrected chi connectivity index (χ1v) is 8.82. The summed E-state index contributed by atoms with van der Waals surface area (Å²) >= 11 is 0. The van der Waals surface area contributed by atoms with Crippen molar-refractivity contribution in [1.29, 1.82) is 0 Å². The fourth-order valence-corrected chi connectivity index (χ4v) is 3.82. The zero-order chi connectivity index (χ0) is 18.3. The highest BCUT2D eigenvalue weighted by atomic mass is 16.5. The van der Waals surface area contributed by atoms with Crippen molar-refractivity contribution in [2.45, 2.75) is 31.5 Å². The molecule has 4 rings (SSSR count). The highest BCUT2D eigenvalue weighted by molar-refractivity contribution is 6.05. The van der Waals surface area contributed by atoms with Crippen LogP contribution in [0.4, 0.5) is 5.69 Å². The van der Waals surface area contributed by atoms with Crippen LogP contribution in [0.3, 0.4) is 0 Å². The summed E-state index contributed by atoms with van der Waals surface area (Å²) in [5.41, 5.74) is 2.46. The van der Waals surface area contributed by atoms with Gasteiger partial charge in [-0.2, -0.15) is 0 Å². The number of aliphatic hydroxyl groups excluding tert-OH is 1. The molecule has 3 amide bonds. The number of carbonyl (C=O) groups excluding carboxylic acids is 3. The lowest BCUT2D eigenvalue weighted by Gasteiger charge is -2.34. The average Bonchev–Trinajstić information content (AvgIpc) is 2.98. The van der Waals surface area contributed by atoms with E-state index in [0.29, 0.717) is 31.7 Å². The number of rotatable bonds is 3. The van der Waals surface area contributed by atoms with Crippen molar-refractivity contribution in [2.75, 3.05) is 31.2 Å². The van der Waals surface area contributed by atoms with Crippen LogP contribution in [0, 0.1) is 0 Å². The number of hydrogen-bond donors (Lipinski definition) is 2. The Bertz CT molecular complexity index is 765. The molecule has 8 nitrogen and oxygen atoms in total. The third-order valence-electron chi connectivity index (χ3n) is 5.21. The number of aliphatic hydroxyl groups is 1. The SMILES string of the molecule is O=C1CCC(N2Cc3cc(N4CCO[C@@H](CO)C4)ccc3C2=O)C(=O)N1. The van der Waals surface area contributed by atoms with Gasteiger partial charge in [-0.15, -0.1) is 0 Å². The Balaban J connectivity index is 1.53.